The molecule has 34 heavy (non-hydrogen) atoms. The Hall–Kier alpha value is -3.10. The molecule has 2 N–H and O–H groups in total. The SMILES string of the molecule is C=CC(=O)NC1CCC(Oc2cc3c(Nc4ccc(Cl)c(Cl)c4F)ncnc3cc2OC)CC1. The predicted octanol–water partition coefficient (Wildman–Crippen LogP) is 5.82. The van der Waals surface area contributed by atoms with Gasteiger partial charge in [0, 0.05) is 17.5 Å². The van der Waals surface area contributed by atoms with Crippen molar-refractivity contribution in [3.05, 3.63) is 59.1 Å². The van der Waals surface area contributed by atoms with Crippen LogP contribution in [0.5, 0.6) is 11.5 Å². The summed E-state index contributed by atoms with van der Waals surface area (Å²) in [6.07, 6.45) is 5.75. The maximum atomic E-state index is 14.6. The van der Waals surface area contributed by atoms with Gasteiger partial charge in [-0.2, -0.15) is 0 Å². The van der Waals surface area contributed by atoms with Crippen molar-refractivity contribution in [2.24, 2.45) is 0 Å². The van der Waals surface area contributed by atoms with Crippen molar-refractivity contribution in [1.29, 1.82) is 0 Å². The van der Waals surface area contributed by atoms with Gasteiger partial charge in [-0.05, 0) is 50.0 Å². The number of halogens is 3. The molecular formula is C24H23Cl2FN4O3. The first kappa shape index (κ1) is 24.0. The molecule has 0 unspecified atom stereocenters. The molecule has 0 bridgehead atoms. The molecule has 3 aromatic rings. The second-order valence-electron chi connectivity index (χ2n) is 7.89. The summed E-state index contributed by atoms with van der Waals surface area (Å²) in [5.41, 5.74) is 0.727. The van der Waals surface area contributed by atoms with E-state index in [0.717, 1.165) is 25.7 Å². The molecule has 0 saturated heterocycles. The standard InChI is InChI=1S/C24H23Cl2FN4O3/c1-3-21(32)30-13-4-6-14(7-5-13)34-20-10-15-18(11-19(20)33-2)28-12-29-24(15)31-17-9-8-16(25)22(26)23(17)27/h3,8-14H,1,4-7H2,2H3,(H,30,32)(H,28,29,31). The number of anilines is 2. The first-order valence-electron chi connectivity index (χ1n) is 10.7. The highest BCUT2D eigenvalue weighted by atomic mass is 35.5. The molecular weight excluding hydrogens is 482 g/mol. The van der Waals surface area contributed by atoms with Crippen molar-refractivity contribution in [2.75, 3.05) is 12.4 Å². The molecule has 1 aliphatic rings. The lowest BCUT2D eigenvalue weighted by atomic mass is 9.93. The van der Waals surface area contributed by atoms with Gasteiger partial charge in [0.25, 0.3) is 0 Å². The summed E-state index contributed by atoms with van der Waals surface area (Å²) in [4.78, 5) is 20.1. The van der Waals surface area contributed by atoms with E-state index in [9.17, 15) is 9.18 Å². The number of amides is 1. The molecule has 4 rings (SSSR count). The van der Waals surface area contributed by atoms with Crippen LogP contribution in [0.3, 0.4) is 0 Å². The number of hydrogen-bond acceptors (Lipinski definition) is 6. The smallest absolute Gasteiger partial charge is 0.243 e. The number of nitrogens with one attached hydrogen (secondary N) is 2. The molecule has 0 spiro atoms. The minimum atomic E-state index is -0.675. The van der Waals surface area contributed by atoms with Crippen molar-refractivity contribution in [2.45, 2.75) is 37.8 Å². The number of carbonyl (C=O) groups is 1. The molecule has 1 aliphatic carbocycles. The highest BCUT2D eigenvalue weighted by Crippen LogP contribution is 2.38. The summed E-state index contributed by atoms with van der Waals surface area (Å²) in [6, 6.07) is 6.62. The number of aromatic nitrogens is 2. The summed E-state index contributed by atoms with van der Waals surface area (Å²) >= 11 is 11.8. The molecule has 0 radical (unpaired) electrons. The number of carbonyl (C=O) groups excluding carboxylic acids is 1. The van der Waals surface area contributed by atoms with E-state index in [1.165, 1.54) is 24.5 Å². The van der Waals surface area contributed by atoms with Gasteiger partial charge in [0.2, 0.25) is 5.91 Å². The quantitative estimate of drug-likeness (QED) is 0.311. The normalized spacial score (nSPS) is 17.8. The second-order valence-corrected chi connectivity index (χ2v) is 8.68. The Morgan fingerprint density at radius 3 is 2.65 bits per heavy atom. The Morgan fingerprint density at radius 1 is 1.18 bits per heavy atom. The van der Waals surface area contributed by atoms with E-state index in [-0.39, 0.29) is 33.8 Å². The Bertz CT molecular complexity index is 1230. The largest absolute Gasteiger partial charge is 0.493 e. The van der Waals surface area contributed by atoms with Crippen molar-refractivity contribution >= 4 is 51.5 Å². The van der Waals surface area contributed by atoms with E-state index in [2.05, 4.69) is 27.2 Å². The Kier molecular flexibility index (Phi) is 7.38. The number of hydrogen-bond donors (Lipinski definition) is 2. The average molecular weight is 505 g/mol. The highest BCUT2D eigenvalue weighted by Gasteiger charge is 2.24. The molecule has 0 aliphatic heterocycles. The Labute approximate surface area is 206 Å². The van der Waals surface area contributed by atoms with Gasteiger partial charge >= 0.3 is 0 Å². The fraction of sp³-hybridized carbons (Fsp3) is 0.292. The van der Waals surface area contributed by atoms with E-state index < -0.39 is 5.82 Å². The van der Waals surface area contributed by atoms with E-state index in [0.29, 0.717) is 28.2 Å². The second kappa shape index (κ2) is 10.4. The molecule has 1 fully saturated rings. The molecule has 178 valence electrons. The van der Waals surface area contributed by atoms with Crippen molar-refractivity contribution in [1.82, 2.24) is 15.3 Å². The van der Waals surface area contributed by atoms with Crippen LogP contribution in [0.4, 0.5) is 15.9 Å². The van der Waals surface area contributed by atoms with Crippen molar-refractivity contribution in [3.63, 3.8) is 0 Å². The zero-order valence-corrected chi connectivity index (χ0v) is 19.9. The summed E-state index contributed by atoms with van der Waals surface area (Å²) in [6.45, 7) is 3.49. The molecule has 0 atom stereocenters. The zero-order valence-electron chi connectivity index (χ0n) is 18.4. The van der Waals surface area contributed by atoms with Crippen LogP contribution in [0.15, 0.2) is 43.2 Å². The third kappa shape index (κ3) is 5.18. The maximum absolute atomic E-state index is 14.6. The van der Waals surface area contributed by atoms with Crippen LogP contribution in [-0.4, -0.2) is 35.1 Å². The lowest BCUT2D eigenvalue weighted by Gasteiger charge is -2.29. The first-order valence-corrected chi connectivity index (χ1v) is 11.5. The zero-order chi connectivity index (χ0) is 24.2. The van der Waals surface area contributed by atoms with E-state index in [4.69, 9.17) is 32.7 Å². The number of methoxy groups -OCH3 is 1. The van der Waals surface area contributed by atoms with Crippen LogP contribution in [-0.2, 0) is 4.79 Å². The van der Waals surface area contributed by atoms with Crippen LogP contribution in [0.1, 0.15) is 25.7 Å². The number of rotatable bonds is 7. The molecule has 10 heteroatoms. The first-order chi connectivity index (χ1) is 16.4. The lowest BCUT2D eigenvalue weighted by molar-refractivity contribution is -0.117. The van der Waals surface area contributed by atoms with Crippen LogP contribution in [0.2, 0.25) is 10.0 Å². The molecule has 1 heterocycles. The van der Waals surface area contributed by atoms with Gasteiger partial charge in [-0.15, -0.1) is 0 Å². The summed E-state index contributed by atoms with van der Waals surface area (Å²) in [5.74, 6) is 0.594. The number of nitrogens with zero attached hydrogens (tertiary/aromatic N) is 2. The third-order valence-corrected chi connectivity index (χ3v) is 6.49. The molecule has 7 nitrogen and oxygen atoms in total. The Balaban J connectivity index is 1.58. The van der Waals surface area contributed by atoms with Crippen LogP contribution in [0.25, 0.3) is 10.9 Å². The molecule has 1 aromatic heterocycles. The molecule has 2 aromatic carbocycles. The summed E-state index contributed by atoms with van der Waals surface area (Å²) in [5, 5.41) is 6.47. The van der Waals surface area contributed by atoms with Gasteiger partial charge in [0.05, 0.1) is 34.5 Å². The number of benzene rings is 2. The van der Waals surface area contributed by atoms with Crippen molar-refractivity contribution in [3.8, 4) is 11.5 Å². The summed E-state index contributed by atoms with van der Waals surface area (Å²) < 4.78 is 26.4. The van der Waals surface area contributed by atoms with Gasteiger partial charge < -0.3 is 20.1 Å². The average Bonchev–Trinajstić information content (AvgIpc) is 2.85. The highest BCUT2D eigenvalue weighted by molar-refractivity contribution is 6.42. The van der Waals surface area contributed by atoms with Gasteiger partial charge in [-0.3, -0.25) is 4.79 Å². The van der Waals surface area contributed by atoms with E-state index in [1.807, 2.05) is 0 Å². The number of ether oxygens (including phenoxy) is 2. The molecule has 1 amide bonds. The third-order valence-electron chi connectivity index (χ3n) is 5.71. The van der Waals surface area contributed by atoms with E-state index in [1.54, 1.807) is 19.2 Å². The van der Waals surface area contributed by atoms with Crippen LogP contribution < -0.4 is 20.1 Å². The Morgan fingerprint density at radius 2 is 1.94 bits per heavy atom. The van der Waals surface area contributed by atoms with Crippen LogP contribution >= 0.6 is 23.2 Å². The van der Waals surface area contributed by atoms with E-state index >= 15 is 0 Å². The number of fused-ring (bicyclic) bond motifs is 1. The van der Waals surface area contributed by atoms with Gasteiger partial charge in [0.15, 0.2) is 17.3 Å². The lowest BCUT2D eigenvalue weighted by Crippen LogP contribution is -2.38. The maximum Gasteiger partial charge on any atom is 0.243 e. The monoisotopic (exact) mass is 504 g/mol. The molecule has 1 saturated carbocycles. The summed E-state index contributed by atoms with van der Waals surface area (Å²) in [7, 11) is 1.56. The van der Waals surface area contributed by atoms with Gasteiger partial charge in [0.1, 0.15) is 12.1 Å². The topological polar surface area (TPSA) is 85.4 Å². The van der Waals surface area contributed by atoms with Crippen molar-refractivity contribution < 1.29 is 18.7 Å². The minimum Gasteiger partial charge on any atom is -0.493 e. The fourth-order valence-electron chi connectivity index (χ4n) is 3.93. The fourth-order valence-corrected chi connectivity index (χ4v) is 4.24. The predicted molar refractivity (Wildman–Crippen MR) is 131 cm³/mol. The van der Waals surface area contributed by atoms with Gasteiger partial charge in [-0.25, -0.2) is 14.4 Å². The minimum absolute atomic E-state index is 0.0446. The van der Waals surface area contributed by atoms with Crippen LogP contribution in [0, 0.1) is 5.82 Å². The van der Waals surface area contributed by atoms with Gasteiger partial charge in [-0.1, -0.05) is 29.8 Å².